The second kappa shape index (κ2) is 13.8. The van der Waals surface area contributed by atoms with Gasteiger partial charge in [0.2, 0.25) is 0 Å². The summed E-state index contributed by atoms with van der Waals surface area (Å²) < 4.78 is 31.5. The van der Waals surface area contributed by atoms with Crippen LogP contribution in [0.4, 0.5) is 0 Å². The van der Waals surface area contributed by atoms with Crippen molar-refractivity contribution < 1.29 is 38.0 Å². The normalized spacial score (nSPS) is 10.3. The van der Waals surface area contributed by atoms with E-state index in [1.807, 2.05) is 0 Å². The molecule has 0 atom stereocenters. The molecule has 0 bridgehead atoms. The topological polar surface area (TPSA) is 89.5 Å². The fourth-order valence-electron chi connectivity index (χ4n) is 2.45. The Kier molecular flexibility index (Phi) is 10.8. The Bertz CT molecular complexity index is 859. The average molecular weight is 444 g/mol. The number of hydrogen-bond donors (Lipinski definition) is 0. The lowest BCUT2D eigenvalue weighted by Crippen LogP contribution is -2.12. The minimum Gasteiger partial charge on any atom is -0.496 e. The molecule has 0 aromatic heterocycles. The quantitative estimate of drug-likeness (QED) is 0.189. The number of rotatable bonds is 14. The summed E-state index contributed by atoms with van der Waals surface area (Å²) in [5.41, 5.74) is 0.747. The largest absolute Gasteiger partial charge is 0.496 e. The highest BCUT2D eigenvalue weighted by Crippen LogP contribution is 2.17. The molecule has 0 N–H and O–H groups in total. The molecule has 2 aromatic rings. The van der Waals surface area contributed by atoms with Crippen LogP contribution in [0.3, 0.4) is 0 Å². The van der Waals surface area contributed by atoms with Gasteiger partial charge in [-0.15, -0.1) is 0 Å². The van der Waals surface area contributed by atoms with Gasteiger partial charge in [0.05, 0.1) is 50.4 Å². The summed E-state index contributed by atoms with van der Waals surface area (Å²) in [5.74, 6) is 0.632. The van der Waals surface area contributed by atoms with Gasteiger partial charge in [0.1, 0.15) is 24.7 Å². The second-order valence-corrected chi connectivity index (χ2v) is 6.55. The molecule has 0 spiro atoms. The van der Waals surface area contributed by atoms with Gasteiger partial charge in [0, 0.05) is 0 Å². The fourth-order valence-corrected chi connectivity index (χ4v) is 2.45. The molecule has 0 aliphatic heterocycles. The van der Waals surface area contributed by atoms with Gasteiger partial charge in [-0.3, -0.25) is 0 Å². The van der Waals surface area contributed by atoms with E-state index >= 15 is 0 Å². The van der Waals surface area contributed by atoms with Crippen LogP contribution in [0, 0.1) is 0 Å². The summed E-state index contributed by atoms with van der Waals surface area (Å²) >= 11 is 0. The highest BCUT2D eigenvalue weighted by atomic mass is 16.6. The predicted molar refractivity (Wildman–Crippen MR) is 117 cm³/mol. The smallest absolute Gasteiger partial charge is 0.343 e. The summed E-state index contributed by atoms with van der Waals surface area (Å²) in [6.07, 6.45) is 0. The summed E-state index contributed by atoms with van der Waals surface area (Å²) in [6, 6.07) is 12.7. The monoisotopic (exact) mass is 444 g/mol. The van der Waals surface area contributed by atoms with Crippen molar-refractivity contribution >= 4 is 11.9 Å². The van der Waals surface area contributed by atoms with Crippen LogP contribution in [0.25, 0.3) is 0 Å². The molecule has 2 rings (SSSR count). The third-order valence-electron chi connectivity index (χ3n) is 4.02. The molecule has 172 valence electrons. The van der Waals surface area contributed by atoms with E-state index in [1.165, 1.54) is 31.4 Å². The SMILES string of the molecule is C=C(C)OCCOCCOCCOc1ccc(C(=O)Oc2ccc(C(=O)OC)cc2)cc1. The van der Waals surface area contributed by atoms with Gasteiger partial charge in [-0.1, -0.05) is 6.58 Å². The molecular weight excluding hydrogens is 416 g/mol. The maximum absolute atomic E-state index is 12.3. The van der Waals surface area contributed by atoms with E-state index < -0.39 is 11.9 Å². The van der Waals surface area contributed by atoms with Gasteiger partial charge >= 0.3 is 11.9 Å². The first-order valence-corrected chi connectivity index (χ1v) is 10.1. The number of hydrogen-bond acceptors (Lipinski definition) is 8. The summed E-state index contributed by atoms with van der Waals surface area (Å²) in [6.45, 7) is 8.10. The van der Waals surface area contributed by atoms with Crippen molar-refractivity contribution in [2.75, 3.05) is 46.8 Å². The van der Waals surface area contributed by atoms with Gasteiger partial charge in [-0.05, 0) is 55.5 Å². The number of benzene rings is 2. The van der Waals surface area contributed by atoms with Crippen LogP contribution < -0.4 is 9.47 Å². The summed E-state index contributed by atoms with van der Waals surface area (Å²) in [5, 5.41) is 0. The van der Waals surface area contributed by atoms with E-state index in [0.29, 0.717) is 68.0 Å². The molecule has 0 saturated carbocycles. The van der Waals surface area contributed by atoms with Crippen LogP contribution in [-0.4, -0.2) is 58.7 Å². The minimum atomic E-state index is -0.514. The molecule has 2 aromatic carbocycles. The van der Waals surface area contributed by atoms with E-state index in [1.54, 1.807) is 31.2 Å². The fraction of sp³-hybridized carbons (Fsp3) is 0.333. The Balaban J connectivity index is 1.63. The van der Waals surface area contributed by atoms with Gasteiger partial charge in [0.15, 0.2) is 0 Å². The third kappa shape index (κ3) is 9.20. The molecule has 32 heavy (non-hydrogen) atoms. The van der Waals surface area contributed by atoms with E-state index in [4.69, 9.17) is 23.7 Å². The lowest BCUT2D eigenvalue weighted by molar-refractivity contribution is 0.0201. The molecule has 8 heteroatoms. The number of carbonyl (C=O) groups excluding carboxylic acids is 2. The highest BCUT2D eigenvalue weighted by molar-refractivity contribution is 5.92. The number of carbonyl (C=O) groups is 2. The van der Waals surface area contributed by atoms with Crippen LogP contribution >= 0.6 is 0 Å². The van der Waals surface area contributed by atoms with Crippen molar-refractivity contribution in [1.82, 2.24) is 0 Å². The molecule has 0 radical (unpaired) electrons. The Morgan fingerprint density at radius 2 is 1.22 bits per heavy atom. The highest BCUT2D eigenvalue weighted by Gasteiger charge is 2.10. The molecular formula is C24H28O8. The molecule has 0 saturated heterocycles. The van der Waals surface area contributed by atoms with Crippen molar-refractivity contribution in [3.8, 4) is 11.5 Å². The first-order valence-electron chi connectivity index (χ1n) is 10.1. The van der Waals surface area contributed by atoms with E-state index in [-0.39, 0.29) is 0 Å². The van der Waals surface area contributed by atoms with Crippen molar-refractivity contribution in [2.24, 2.45) is 0 Å². The molecule has 0 aliphatic carbocycles. The van der Waals surface area contributed by atoms with E-state index in [9.17, 15) is 9.59 Å². The Morgan fingerprint density at radius 3 is 1.78 bits per heavy atom. The van der Waals surface area contributed by atoms with Crippen molar-refractivity contribution in [3.63, 3.8) is 0 Å². The molecule has 0 amide bonds. The van der Waals surface area contributed by atoms with Crippen LogP contribution in [0.15, 0.2) is 60.9 Å². The van der Waals surface area contributed by atoms with Gasteiger partial charge in [0.25, 0.3) is 0 Å². The Morgan fingerprint density at radius 1 is 0.719 bits per heavy atom. The summed E-state index contributed by atoms with van der Waals surface area (Å²) in [4.78, 5) is 23.7. The Labute approximate surface area is 187 Å². The number of allylic oxidation sites excluding steroid dienone is 1. The van der Waals surface area contributed by atoms with Crippen molar-refractivity contribution in [3.05, 3.63) is 72.0 Å². The Hall–Kier alpha value is -3.36. The first kappa shape index (κ1) is 24.9. The molecule has 0 fully saturated rings. The lowest BCUT2D eigenvalue weighted by Gasteiger charge is -2.09. The standard InChI is InChI=1S/C24H28O8/c1-18(2)30-16-14-28-12-13-29-15-17-31-21-8-4-20(5-9-21)24(26)32-22-10-6-19(7-11-22)23(25)27-3/h4-11H,1,12-17H2,2-3H3. The van der Waals surface area contributed by atoms with Crippen LogP contribution in [0.2, 0.25) is 0 Å². The molecule has 0 heterocycles. The summed E-state index contributed by atoms with van der Waals surface area (Å²) in [7, 11) is 1.30. The lowest BCUT2D eigenvalue weighted by atomic mass is 10.2. The second-order valence-electron chi connectivity index (χ2n) is 6.55. The zero-order valence-electron chi connectivity index (χ0n) is 18.3. The van der Waals surface area contributed by atoms with Crippen molar-refractivity contribution in [1.29, 1.82) is 0 Å². The predicted octanol–water partition coefficient (Wildman–Crippen LogP) is 3.65. The number of ether oxygens (including phenoxy) is 6. The zero-order chi connectivity index (χ0) is 23.2. The van der Waals surface area contributed by atoms with Gasteiger partial charge in [-0.2, -0.15) is 0 Å². The molecule has 0 unspecified atom stereocenters. The van der Waals surface area contributed by atoms with E-state index in [0.717, 1.165) is 0 Å². The zero-order valence-corrected chi connectivity index (χ0v) is 18.3. The molecule has 0 aliphatic rings. The van der Waals surface area contributed by atoms with Crippen LogP contribution in [0.5, 0.6) is 11.5 Å². The number of methoxy groups -OCH3 is 1. The molecule has 8 nitrogen and oxygen atoms in total. The van der Waals surface area contributed by atoms with Gasteiger partial charge < -0.3 is 28.4 Å². The van der Waals surface area contributed by atoms with Crippen LogP contribution in [-0.2, 0) is 18.9 Å². The maximum atomic E-state index is 12.3. The van der Waals surface area contributed by atoms with E-state index in [2.05, 4.69) is 11.3 Å². The van der Waals surface area contributed by atoms with Crippen LogP contribution in [0.1, 0.15) is 27.6 Å². The maximum Gasteiger partial charge on any atom is 0.343 e. The van der Waals surface area contributed by atoms with Gasteiger partial charge in [-0.25, -0.2) is 9.59 Å². The minimum absolute atomic E-state index is 0.326. The van der Waals surface area contributed by atoms with Crippen molar-refractivity contribution in [2.45, 2.75) is 6.92 Å². The average Bonchev–Trinajstić information content (AvgIpc) is 2.80. The first-order chi connectivity index (χ1) is 15.5. The number of esters is 2. The third-order valence-corrected chi connectivity index (χ3v) is 4.02.